The van der Waals surface area contributed by atoms with Gasteiger partial charge in [0.1, 0.15) is 0 Å². The van der Waals surface area contributed by atoms with Gasteiger partial charge in [-0.2, -0.15) is 18.3 Å². The fourth-order valence-corrected chi connectivity index (χ4v) is 2.30. The summed E-state index contributed by atoms with van der Waals surface area (Å²) in [6.45, 7) is 4.91. The topological polar surface area (TPSA) is 29.9 Å². The Balaban J connectivity index is 2.18. The summed E-state index contributed by atoms with van der Waals surface area (Å²) >= 11 is 5.74. The third kappa shape index (κ3) is 3.91. The van der Waals surface area contributed by atoms with Gasteiger partial charge in [0, 0.05) is 17.3 Å². The summed E-state index contributed by atoms with van der Waals surface area (Å²) < 4.78 is 40.0. The number of nitrogens with zero attached hydrogens (tertiary/aromatic N) is 2. The largest absolute Gasteiger partial charge is 0.416 e. The van der Waals surface area contributed by atoms with Gasteiger partial charge in [0.15, 0.2) is 0 Å². The molecule has 0 saturated carbocycles. The van der Waals surface area contributed by atoms with Gasteiger partial charge in [-0.1, -0.05) is 11.6 Å². The van der Waals surface area contributed by atoms with E-state index in [2.05, 4.69) is 10.4 Å². The van der Waals surface area contributed by atoms with Crippen LogP contribution in [-0.2, 0) is 19.3 Å². The van der Waals surface area contributed by atoms with Gasteiger partial charge in [0.2, 0.25) is 0 Å². The van der Waals surface area contributed by atoms with Gasteiger partial charge in [0.25, 0.3) is 0 Å². The lowest BCUT2D eigenvalue weighted by Crippen LogP contribution is -2.09. The van der Waals surface area contributed by atoms with Crippen LogP contribution >= 0.6 is 11.6 Å². The molecule has 2 rings (SSSR count). The van der Waals surface area contributed by atoms with Crippen LogP contribution in [0.4, 0.5) is 18.9 Å². The number of aryl methyl sites for hydroxylation is 2. The zero-order chi connectivity index (χ0) is 15.6. The lowest BCUT2D eigenvalue weighted by Gasteiger charge is -2.12. The van der Waals surface area contributed by atoms with Crippen LogP contribution in [0.3, 0.4) is 0 Å². The van der Waals surface area contributed by atoms with Crippen LogP contribution in [0, 0.1) is 6.92 Å². The predicted molar refractivity (Wildman–Crippen MR) is 76.4 cm³/mol. The first-order valence-electron chi connectivity index (χ1n) is 6.44. The highest BCUT2D eigenvalue weighted by molar-refractivity contribution is 6.30. The molecule has 0 aliphatic carbocycles. The molecule has 21 heavy (non-hydrogen) atoms. The number of anilines is 1. The number of hydrogen-bond acceptors (Lipinski definition) is 2. The van der Waals surface area contributed by atoms with Crippen molar-refractivity contribution in [1.29, 1.82) is 0 Å². The van der Waals surface area contributed by atoms with Crippen LogP contribution < -0.4 is 5.32 Å². The Bertz CT molecular complexity index is 635. The highest BCUT2D eigenvalue weighted by atomic mass is 35.5. The van der Waals surface area contributed by atoms with Crippen LogP contribution in [0.5, 0.6) is 0 Å². The fourth-order valence-electron chi connectivity index (χ4n) is 2.06. The Morgan fingerprint density at radius 1 is 1.24 bits per heavy atom. The van der Waals surface area contributed by atoms with Gasteiger partial charge >= 0.3 is 6.18 Å². The molecular weight excluding hydrogens is 303 g/mol. The highest BCUT2D eigenvalue weighted by Crippen LogP contribution is 2.33. The van der Waals surface area contributed by atoms with Crippen molar-refractivity contribution in [2.45, 2.75) is 33.1 Å². The lowest BCUT2D eigenvalue weighted by molar-refractivity contribution is -0.137. The van der Waals surface area contributed by atoms with Crippen LogP contribution in [-0.4, -0.2) is 9.78 Å². The second-order valence-electron chi connectivity index (χ2n) is 4.67. The van der Waals surface area contributed by atoms with Gasteiger partial charge in [-0.05, 0) is 38.1 Å². The minimum Gasteiger partial charge on any atom is -0.379 e. The Hall–Kier alpha value is -1.69. The Kier molecular flexibility index (Phi) is 4.46. The molecule has 7 heteroatoms. The summed E-state index contributed by atoms with van der Waals surface area (Å²) in [5, 5.41) is 7.29. The fraction of sp³-hybridized carbons (Fsp3) is 0.357. The van der Waals surface area contributed by atoms with E-state index in [0.717, 1.165) is 23.5 Å². The third-order valence-electron chi connectivity index (χ3n) is 2.98. The predicted octanol–water partition coefficient (Wildman–Crippen LogP) is 4.50. The molecule has 0 atom stereocenters. The summed E-state index contributed by atoms with van der Waals surface area (Å²) in [6.07, 6.45) is -4.41. The SMILES string of the molecule is CCn1nc(C)cc1CNc1cc(Cl)cc(C(F)(F)F)c1. The maximum atomic E-state index is 12.7. The summed E-state index contributed by atoms with van der Waals surface area (Å²) in [5.74, 6) is 0. The van der Waals surface area contributed by atoms with Gasteiger partial charge in [-0.15, -0.1) is 0 Å². The normalized spacial score (nSPS) is 11.7. The molecule has 1 N–H and O–H groups in total. The Morgan fingerprint density at radius 3 is 2.57 bits per heavy atom. The van der Waals surface area contributed by atoms with Crippen molar-refractivity contribution >= 4 is 17.3 Å². The van der Waals surface area contributed by atoms with E-state index >= 15 is 0 Å². The standard InChI is InChI=1S/C14H15ClF3N3/c1-3-21-13(4-9(2)20-21)8-19-12-6-10(14(16,17)18)5-11(15)7-12/h4-7,19H,3,8H2,1-2H3. The van der Waals surface area contributed by atoms with E-state index in [-0.39, 0.29) is 5.02 Å². The maximum absolute atomic E-state index is 12.7. The van der Waals surface area contributed by atoms with Crippen LogP contribution in [0.2, 0.25) is 5.02 Å². The Labute approximate surface area is 125 Å². The van der Waals surface area contributed by atoms with Crippen molar-refractivity contribution < 1.29 is 13.2 Å². The van der Waals surface area contributed by atoms with Gasteiger partial charge < -0.3 is 5.32 Å². The third-order valence-corrected chi connectivity index (χ3v) is 3.20. The van der Waals surface area contributed by atoms with E-state index in [0.29, 0.717) is 18.8 Å². The summed E-state index contributed by atoms with van der Waals surface area (Å²) in [7, 11) is 0. The number of rotatable bonds is 4. The number of halogens is 4. The van der Waals surface area contributed by atoms with Gasteiger partial charge in [-0.25, -0.2) is 0 Å². The van der Waals surface area contributed by atoms with Crippen LogP contribution in [0.25, 0.3) is 0 Å². The molecule has 1 aromatic heterocycles. The molecule has 0 aliphatic rings. The second kappa shape index (κ2) is 5.97. The molecule has 0 aliphatic heterocycles. The summed E-state index contributed by atoms with van der Waals surface area (Å²) in [5.41, 5.74) is 1.34. The Morgan fingerprint density at radius 2 is 1.95 bits per heavy atom. The molecule has 1 aromatic carbocycles. The number of aromatic nitrogens is 2. The molecule has 0 amide bonds. The molecule has 0 spiro atoms. The molecule has 0 saturated heterocycles. The average molecular weight is 318 g/mol. The van der Waals surface area contributed by atoms with E-state index in [1.807, 2.05) is 19.9 Å². The number of alkyl halides is 3. The van der Waals surface area contributed by atoms with E-state index < -0.39 is 11.7 Å². The van der Waals surface area contributed by atoms with E-state index in [9.17, 15) is 13.2 Å². The minimum absolute atomic E-state index is 0.0486. The smallest absolute Gasteiger partial charge is 0.379 e. The molecule has 2 aromatic rings. The highest BCUT2D eigenvalue weighted by Gasteiger charge is 2.31. The van der Waals surface area contributed by atoms with Crippen molar-refractivity contribution in [1.82, 2.24) is 9.78 Å². The average Bonchev–Trinajstić information content (AvgIpc) is 2.75. The van der Waals surface area contributed by atoms with Crippen LogP contribution in [0.15, 0.2) is 24.3 Å². The summed E-state index contributed by atoms with van der Waals surface area (Å²) in [4.78, 5) is 0. The van der Waals surface area contributed by atoms with Crippen LogP contribution in [0.1, 0.15) is 23.9 Å². The van der Waals surface area contributed by atoms with E-state index in [4.69, 9.17) is 11.6 Å². The molecular formula is C14H15ClF3N3. The maximum Gasteiger partial charge on any atom is 0.416 e. The first-order chi connectivity index (χ1) is 9.79. The molecule has 0 bridgehead atoms. The van der Waals surface area contributed by atoms with Crippen molar-refractivity contribution in [3.8, 4) is 0 Å². The summed E-state index contributed by atoms with van der Waals surface area (Å²) in [6, 6.07) is 5.32. The zero-order valence-electron chi connectivity index (χ0n) is 11.6. The first-order valence-corrected chi connectivity index (χ1v) is 6.82. The first kappa shape index (κ1) is 15.7. The van der Waals surface area contributed by atoms with Crippen molar-refractivity contribution in [3.05, 3.63) is 46.2 Å². The number of hydrogen-bond donors (Lipinski definition) is 1. The molecule has 3 nitrogen and oxygen atoms in total. The molecule has 0 fully saturated rings. The molecule has 0 radical (unpaired) electrons. The van der Waals surface area contributed by atoms with Crippen molar-refractivity contribution in [2.75, 3.05) is 5.32 Å². The molecule has 0 unspecified atom stereocenters. The van der Waals surface area contributed by atoms with Crippen molar-refractivity contribution in [3.63, 3.8) is 0 Å². The number of benzene rings is 1. The quantitative estimate of drug-likeness (QED) is 0.900. The molecule has 114 valence electrons. The van der Waals surface area contributed by atoms with Gasteiger partial charge in [-0.3, -0.25) is 4.68 Å². The zero-order valence-corrected chi connectivity index (χ0v) is 12.4. The lowest BCUT2D eigenvalue weighted by atomic mass is 10.2. The second-order valence-corrected chi connectivity index (χ2v) is 5.11. The van der Waals surface area contributed by atoms with E-state index in [1.165, 1.54) is 6.07 Å². The molecule has 1 heterocycles. The van der Waals surface area contributed by atoms with Gasteiger partial charge in [0.05, 0.1) is 23.5 Å². The van der Waals surface area contributed by atoms with Crippen molar-refractivity contribution in [2.24, 2.45) is 0 Å². The van der Waals surface area contributed by atoms with E-state index in [1.54, 1.807) is 4.68 Å². The monoisotopic (exact) mass is 317 g/mol. The number of nitrogens with one attached hydrogen (secondary N) is 1. The minimum atomic E-state index is -4.41.